The first-order chi connectivity index (χ1) is 4.22. The van der Waals surface area contributed by atoms with E-state index >= 15 is 0 Å². The van der Waals surface area contributed by atoms with Crippen molar-refractivity contribution in [3.63, 3.8) is 0 Å². The molecule has 0 heterocycles. The van der Waals surface area contributed by atoms with Crippen molar-refractivity contribution in [1.29, 1.82) is 0 Å². The van der Waals surface area contributed by atoms with Crippen LogP contribution in [0.4, 0.5) is 0 Å². The summed E-state index contributed by atoms with van der Waals surface area (Å²) in [5, 5.41) is 14.1. The number of likely N-dealkylation sites (N-methyl/N-ethyl adjacent to an activating group) is 1. The Bertz CT molecular complexity index is 132. The van der Waals surface area contributed by atoms with Crippen LogP contribution in [-0.2, 0) is 4.79 Å². The maximum Gasteiger partial charge on any atom is 0.373 e. The largest absolute Gasteiger partial charge is 0.475 e. The van der Waals surface area contributed by atoms with Crippen molar-refractivity contribution in [2.75, 3.05) is 14.1 Å². The zero-order valence-corrected chi connectivity index (χ0v) is 5.30. The number of rotatable bonds is 1. The molecule has 0 saturated carbocycles. The Hall–Kier alpha value is -1.26. The molecule has 0 aromatic rings. The highest BCUT2D eigenvalue weighted by Crippen LogP contribution is 1.67. The van der Waals surface area contributed by atoms with Gasteiger partial charge in [-0.2, -0.15) is 5.10 Å². The van der Waals surface area contributed by atoms with Crippen LogP contribution in [0.5, 0.6) is 0 Å². The normalized spacial score (nSPS) is 10.7. The number of nitrogens with one attached hydrogen (secondary N) is 2. The second-order valence-electron chi connectivity index (χ2n) is 1.24. The number of carboxylic acids is 1. The van der Waals surface area contributed by atoms with Crippen LogP contribution in [0, 0.1) is 0 Å². The number of carboxylic acid groups (broad SMARTS) is 1. The Kier molecular flexibility index (Phi) is 3.19. The number of nitrogens with zero attached hydrogens (tertiary/aromatic N) is 1. The summed E-state index contributed by atoms with van der Waals surface area (Å²) < 4.78 is 0. The van der Waals surface area contributed by atoms with Crippen LogP contribution < -0.4 is 10.7 Å². The van der Waals surface area contributed by atoms with Gasteiger partial charge in [0.15, 0.2) is 0 Å². The predicted octanol–water partition coefficient (Wildman–Crippen LogP) is -1.18. The van der Waals surface area contributed by atoms with Gasteiger partial charge in [0.2, 0.25) is 5.84 Å². The summed E-state index contributed by atoms with van der Waals surface area (Å²) in [4.78, 5) is 10.1. The van der Waals surface area contributed by atoms with Crippen molar-refractivity contribution in [3.8, 4) is 0 Å². The molecule has 0 atom stereocenters. The monoisotopic (exact) mass is 131 g/mol. The minimum atomic E-state index is -1.08. The molecule has 0 spiro atoms. The summed E-state index contributed by atoms with van der Waals surface area (Å²) in [7, 11) is 3.02. The van der Waals surface area contributed by atoms with Crippen LogP contribution in [0.2, 0.25) is 0 Å². The summed E-state index contributed by atoms with van der Waals surface area (Å²) in [6.45, 7) is 0. The lowest BCUT2D eigenvalue weighted by molar-refractivity contribution is -0.129. The van der Waals surface area contributed by atoms with Crippen molar-refractivity contribution in [2.45, 2.75) is 0 Å². The molecule has 3 N–H and O–H groups in total. The van der Waals surface area contributed by atoms with Crippen LogP contribution in [0.15, 0.2) is 5.10 Å². The fourth-order valence-corrected chi connectivity index (χ4v) is 0.322. The van der Waals surface area contributed by atoms with Gasteiger partial charge < -0.3 is 15.8 Å². The molecule has 0 amide bonds. The zero-order valence-electron chi connectivity index (χ0n) is 5.30. The van der Waals surface area contributed by atoms with E-state index in [4.69, 9.17) is 5.11 Å². The Morgan fingerprint density at radius 3 is 2.22 bits per heavy atom. The van der Waals surface area contributed by atoms with E-state index in [0.29, 0.717) is 0 Å². The van der Waals surface area contributed by atoms with E-state index in [9.17, 15) is 4.79 Å². The molecule has 0 bridgehead atoms. The average Bonchev–Trinajstić information content (AvgIpc) is 1.82. The van der Waals surface area contributed by atoms with Crippen molar-refractivity contribution in [2.24, 2.45) is 5.10 Å². The van der Waals surface area contributed by atoms with Gasteiger partial charge in [0.1, 0.15) is 0 Å². The van der Waals surface area contributed by atoms with Gasteiger partial charge in [-0.05, 0) is 0 Å². The molecular formula is C4H9N3O2. The summed E-state index contributed by atoms with van der Waals surface area (Å²) in [6, 6.07) is 0. The van der Waals surface area contributed by atoms with E-state index in [-0.39, 0.29) is 5.84 Å². The summed E-state index contributed by atoms with van der Waals surface area (Å²) in [5.74, 6) is -1.18. The van der Waals surface area contributed by atoms with Gasteiger partial charge in [-0.15, -0.1) is 0 Å². The van der Waals surface area contributed by atoms with Crippen LogP contribution in [0.25, 0.3) is 0 Å². The Morgan fingerprint density at radius 1 is 1.56 bits per heavy atom. The van der Waals surface area contributed by atoms with Crippen LogP contribution in [0.1, 0.15) is 0 Å². The number of hydrazone groups is 1. The molecular weight excluding hydrogens is 122 g/mol. The maximum atomic E-state index is 10.1. The van der Waals surface area contributed by atoms with E-state index in [0.717, 1.165) is 0 Å². The van der Waals surface area contributed by atoms with Gasteiger partial charge in [0.05, 0.1) is 0 Å². The van der Waals surface area contributed by atoms with Crippen LogP contribution >= 0.6 is 0 Å². The highest BCUT2D eigenvalue weighted by atomic mass is 16.4. The van der Waals surface area contributed by atoms with Gasteiger partial charge in [0.25, 0.3) is 0 Å². The molecule has 0 unspecified atom stereocenters. The number of amidine groups is 1. The van der Waals surface area contributed by atoms with Gasteiger partial charge >= 0.3 is 5.97 Å². The summed E-state index contributed by atoms with van der Waals surface area (Å²) in [6.07, 6.45) is 0. The molecule has 0 fully saturated rings. The van der Waals surface area contributed by atoms with Gasteiger partial charge in [-0.1, -0.05) is 0 Å². The first kappa shape index (κ1) is 7.74. The second kappa shape index (κ2) is 3.71. The molecule has 5 nitrogen and oxygen atoms in total. The van der Waals surface area contributed by atoms with E-state index < -0.39 is 5.97 Å². The first-order valence-corrected chi connectivity index (χ1v) is 2.37. The molecule has 0 aliphatic carbocycles. The van der Waals surface area contributed by atoms with Crippen molar-refractivity contribution in [3.05, 3.63) is 0 Å². The topological polar surface area (TPSA) is 73.7 Å². The van der Waals surface area contributed by atoms with Crippen molar-refractivity contribution in [1.82, 2.24) is 10.7 Å². The lowest BCUT2D eigenvalue weighted by Gasteiger charge is -1.96. The first-order valence-electron chi connectivity index (χ1n) is 2.37. The van der Waals surface area contributed by atoms with Crippen molar-refractivity contribution < 1.29 is 9.90 Å². The molecule has 0 aliphatic rings. The molecule has 52 valence electrons. The number of hydrogen-bond acceptors (Lipinski definition) is 3. The second-order valence-corrected chi connectivity index (χ2v) is 1.24. The maximum absolute atomic E-state index is 10.1. The molecule has 0 aliphatic heterocycles. The highest BCUT2D eigenvalue weighted by molar-refractivity contribution is 6.34. The Labute approximate surface area is 52.8 Å². The van der Waals surface area contributed by atoms with Crippen LogP contribution in [-0.4, -0.2) is 31.0 Å². The third-order valence-corrected chi connectivity index (χ3v) is 0.663. The number of aliphatic carboxylic acids is 1. The Balaban J connectivity index is 3.98. The van der Waals surface area contributed by atoms with Gasteiger partial charge in [-0.25, -0.2) is 4.79 Å². The zero-order chi connectivity index (χ0) is 7.28. The molecule has 0 aromatic heterocycles. The number of hydrogen-bond donors (Lipinski definition) is 3. The summed E-state index contributed by atoms with van der Waals surface area (Å²) in [5.41, 5.74) is 2.34. The van der Waals surface area contributed by atoms with E-state index in [2.05, 4.69) is 15.8 Å². The molecule has 0 aromatic carbocycles. The molecule has 0 rings (SSSR count). The third kappa shape index (κ3) is 2.53. The quantitative estimate of drug-likeness (QED) is 0.238. The Morgan fingerprint density at radius 2 is 2.11 bits per heavy atom. The highest BCUT2D eigenvalue weighted by Gasteiger charge is 2.03. The average molecular weight is 131 g/mol. The molecule has 0 saturated heterocycles. The fourth-order valence-electron chi connectivity index (χ4n) is 0.322. The standard InChI is InChI=1S/C4H9N3O2/c1-5-3(4(8)9)7-6-2/h6H,1-2H3,(H,5,7)(H,8,9). The molecule has 0 radical (unpaired) electrons. The minimum absolute atomic E-state index is 0.0995. The van der Waals surface area contributed by atoms with E-state index in [1.54, 1.807) is 0 Å². The predicted molar refractivity (Wildman–Crippen MR) is 33.2 cm³/mol. The minimum Gasteiger partial charge on any atom is -0.475 e. The lowest BCUT2D eigenvalue weighted by atomic mass is 10.6. The smallest absolute Gasteiger partial charge is 0.373 e. The fraction of sp³-hybridized carbons (Fsp3) is 0.500. The molecule has 5 heteroatoms. The summed E-state index contributed by atoms with van der Waals surface area (Å²) >= 11 is 0. The van der Waals surface area contributed by atoms with Crippen LogP contribution in [0.3, 0.4) is 0 Å². The lowest BCUT2D eigenvalue weighted by Crippen LogP contribution is -2.29. The van der Waals surface area contributed by atoms with E-state index in [1.807, 2.05) is 0 Å². The SMILES string of the molecule is CN/N=C(\NC)C(=O)O. The molecule has 9 heavy (non-hydrogen) atoms. The van der Waals surface area contributed by atoms with Gasteiger partial charge in [-0.3, -0.25) is 0 Å². The number of carbonyl (C=O) groups is 1. The van der Waals surface area contributed by atoms with Gasteiger partial charge in [0, 0.05) is 14.1 Å². The van der Waals surface area contributed by atoms with Crippen molar-refractivity contribution >= 4 is 11.8 Å². The third-order valence-electron chi connectivity index (χ3n) is 0.663. The van der Waals surface area contributed by atoms with E-state index in [1.165, 1.54) is 14.1 Å².